The zero-order chi connectivity index (χ0) is 13.4. The van der Waals surface area contributed by atoms with Crippen LogP contribution in [0.4, 0.5) is 0 Å². The first-order chi connectivity index (χ1) is 8.61. The summed E-state index contributed by atoms with van der Waals surface area (Å²) in [5.74, 6) is -1.76. The zero-order valence-electron chi connectivity index (χ0n) is 10.2. The van der Waals surface area contributed by atoms with E-state index in [4.69, 9.17) is 10.2 Å². The molecular weight excluding hydrogens is 369 g/mol. The van der Waals surface area contributed by atoms with Gasteiger partial charge in [0.25, 0.3) is 0 Å². The van der Waals surface area contributed by atoms with Crippen LogP contribution in [0.2, 0.25) is 0 Å². The summed E-state index contributed by atoms with van der Waals surface area (Å²) >= 11 is 0. The summed E-state index contributed by atoms with van der Waals surface area (Å²) in [5.41, 5.74) is 0.662. The van der Waals surface area contributed by atoms with E-state index in [9.17, 15) is 9.59 Å². The van der Waals surface area contributed by atoms with E-state index in [1.54, 1.807) is 60.7 Å². The van der Waals surface area contributed by atoms with Gasteiger partial charge in [0.2, 0.25) is 0 Å². The van der Waals surface area contributed by atoms with Crippen molar-refractivity contribution in [3.8, 4) is 0 Å². The zero-order valence-corrected chi connectivity index (χ0v) is 14.6. The number of hydrogen-bond donors (Lipinski definition) is 2. The monoisotopic (exact) mass is 382 g/mol. The predicted molar refractivity (Wildman–Crippen MR) is 72.6 cm³/mol. The van der Waals surface area contributed by atoms with E-state index in [0.29, 0.717) is 11.1 Å². The fourth-order valence-corrected chi connectivity index (χ4v) is 1.16. The molecule has 0 heterocycles. The maximum absolute atomic E-state index is 10.2. The molecule has 2 aromatic rings. The van der Waals surface area contributed by atoms with Crippen LogP contribution in [0.3, 0.4) is 0 Å². The third-order valence-electron chi connectivity index (χ3n) is 2.04. The van der Waals surface area contributed by atoms with Gasteiger partial charge in [0, 0.05) is 48.9 Å². The van der Waals surface area contributed by atoms with Crippen molar-refractivity contribution in [2.45, 2.75) is 0 Å². The molecule has 2 aromatic carbocycles. The SMILES string of the molecule is O=C(O)c1ccccc1.O=C(O)c1ccccc1.[Ba]. The number of hydrogen-bond acceptors (Lipinski definition) is 2. The number of aromatic carboxylic acids is 2. The van der Waals surface area contributed by atoms with Crippen molar-refractivity contribution >= 4 is 60.8 Å². The Morgan fingerprint density at radius 2 is 0.895 bits per heavy atom. The molecule has 0 aliphatic heterocycles. The summed E-state index contributed by atoms with van der Waals surface area (Å²) in [6, 6.07) is 16.6. The number of benzene rings is 2. The molecule has 4 nitrogen and oxygen atoms in total. The Labute approximate surface area is 151 Å². The minimum Gasteiger partial charge on any atom is -0.478 e. The van der Waals surface area contributed by atoms with E-state index < -0.39 is 11.9 Å². The molecule has 0 spiro atoms. The van der Waals surface area contributed by atoms with Gasteiger partial charge < -0.3 is 10.2 Å². The first-order valence-electron chi connectivity index (χ1n) is 5.18. The summed E-state index contributed by atoms with van der Waals surface area (Å²) in [4.78, 5) is 20.4. The number of carboxylic acids is 2. The van der Waals surface area contributed by atoms with Crippen molar-refractivity contribution in [1.29, 1.82) is 0 Å². The third kappa shape index (κ3) is 7.19. The fraction of sp³-hybridized carbons (Fsp3) is 0. The van der Waals surface area contributed by atoms with E-state index in [-0.39, 0.29) is 48.9 Å². The van der Waals surface area contributed by atoms with Crippen LogP contribution < -0.4 is 0 Å². The van der Waals surface area contributed by atoms with Gasteiger partial charge in [-0.2, -0.15) is 0 Å². The van der Waals surface area contributed by atoms with E-state index >= 15 is 0 Å². The van der Waals surface area contributed by atoms with Gasteiger partial charge in [0.1, 0.15) is 0 Å². The molecule has 0 saturated heterocycles. The van der Waals surface area contributed by atoms with Crippen molar-refractivity contribution in [1.82, 2.24) is 0 Å². The Kier molecular flexibility index (Phi) is 9.28. The van der Waals surface area contributed by atoms with Crippen LogP contribution >= 0.6 is 0 Å². The Morgan fingerprint density at radius 1 is 0.632 bits per heavy atom. The topological polar surface area (TPSA) is 74.6 Å². The van der Waals surface area contributed by atoms with E-state index in [2.05, 4.69) is 0 Å². The summed E-state index contributed by atoms with van der Waals surface area (Å²) < 4.78 is 0. The number of carbonyl (C=O) groups is 2. The van der Waals surface area contributed by atoms with E-state index in [1.165, 1.54) is 0 Å². The second-order valence-electron chi connectivity index (χ2n) is 3.34. The summed E-state index contributed by atoms with van der Waals surface area (Å²) in [6.07, 6.45) is 0. The van der Waals surface area contributed by atoms with Crippen molar-refractivity contribution in [3.05, 3.63) is 71.8 Å². The Morgan fingerprint density at radius 3 is 1.05 bits per heavy atom. The summed E-state index contributed by atoms with van der Waals surface area (Å²) in [5, 5.41) is 16.8. The fourth-order valence-electron chi connectivity index (χ4n) is 1.16. The molecule has 0 aromatic heterocycles. The van der Waals surface area contributed by atoms with Crippen LogP contribution in [-0.4, -0.2) is 71.0 Å². The van der Waals surface area contributed by atoms with Crippen LogP contribution in [0.5, 0.6) is 0 Å². The second kappa shape index (κ2) is 9.83. The standard InChI is InChI=1S/2C7H6O2.Ba/c2*8-7(9)6-4-2-1-3-5-6;/h2*1-5H,(H,8,9);. The molecule has 2 rings (SSSR count). The maximum Gasteiger partial charge on any atom is 0.335 e. The van der Waals surface area contributed by atoms with Crippen LogP contribution in [-0.2, 0) is 0 Å². The van der Waals surface area contributed by atoms with Crippen molar-refractivity contribution in [3.63, 3.8) is 0 Å². The van der Waals surface area contributed by atoms with Crippen LogP contribution in [0.15, 0.2) is 60.7 Å². The molecule has 0 unspecified atom stereocenters. The summed E-state index contributed by atoms with van der Waals surface area (Å²) in [7, 11) is 0. The van der Waals surface area contributed by atoms with Gasteiger partial charge in [-0.05, 0) is 24.3 Å². The smallest absolute Gasteiger partial charge is 0.335 e. The molecule has 0 amide bonds. The molecule has 0 saturated carbocycles. The van der Waals surface area contributed by atoms with Crippen molar-refractivity contribution in [2.24, 2.45) is 0 Å². The Balaban J connectivity index is 0.000000324. The minimum absolute atomic E-state index is 0. The van der Waals surface area contributed by atoms with Crippen molar-refractivity contribution < 1.29 is 19.8 Å². The van der Waals surface area contributed by atoms with Gasteiger partial charge >= 0.3 is 11.9 Å². The molecule has 0 aliphatic carbocycles. The first kappa shape index (κ1) is 18.0. The van der Waals surface area contributed by atoms with Gasteiger partial charge in [-0.15, -0.1) is 0 Å². The average molecular weight is 382 g/mol. The summed E-state index contributed by atoms with van der Waals surface area (Å²) in [6.45, 7) is 0. The van der Waals surface area contributed by atoms with E-state index in [0.717, 1.165) is 0 Å². The van der Waals surface area contributed by atoms with Gasteiger partial charge in [-0.25, -0.2) is 9.59 Å². The predicted octanol–water partition coefficient (Wildman–Crippen LogP) is 2.39. The molecule has 0 aliphatic rings. The van der Waals surface area contributed by atoms with Gasteiger partial charge in [-0.3, -0.25) is 0 Å². The van der Waals surface area contributed by atoms with Gasteiger partial charge in [0.15, 0.2) is 0 Å². The molecule has 2 radical (unpaired) electrons. The molecule has 0 bridgehead atoms. The maximum atomic E-state index is 10.2. The average Bonchev–Trinajstić information content (AvgIpc) is 2.41. The number of carboxylic acid groups (broad SMARTS) is 2. The molecule has 0 fully saturated rings. The van der Waals surface area contributed by atoms with Gasteiger partial charge in [-0.1, -0.05) is 36.4 Å². The Bertz CT molecular complexity index is 462. The molecule has 94 valence electrons. The molecule has 5 heteroatoms. The molecule has 19 heavy (non-hydrogen) atoms. The third-order valence-corrected chi connectivity index (χ3v) is 2.04. The van der Waals surface area contributed by atoms with Crippen LogP contribution in [0, 0.1) is 0 Å². The van der Waals surface area contributed by atoms with Gasteiger partial charge in [0.05, 0.1) is 11.1 Å². The minimum atomic E-state index is -0.879. The van der Waals surface area contributed by atoms with Crippen LogP contribution in [0.1, 0.15) is 20.7 Å². The van der Waals surface area contributed by atoms with E-state index in [1.807, 2.05) is 0 Å². The number of rotatable bonds is 2. The quantitative estimate of drug-likeness (QED) is 0.784. The Hall–Kier alpha value is -1.05. The van der Waals surface area contributed by atoms with Crippen molar-refractivity contribution in [2.75, 3.05) is 0 Å². The van der Waals surface area contributed by atoms with Crippen LogP contribution in [0.25, 0.3) is 0 Å². The molecular formula is C14H12BaO4. The molecule has 2 N–H and O–H groups in total. The first-order valence-corrected chi connectivity index (χ1v) is 5.18. The normalized spacial score (nSPS) is 8.42. The molecule has 0 atom stereocenters. The second-order valence-corrected chi connectivity index (χ2v) is 3.34. The largest absolute Gasteiger partial charge is 0.478 e.